The number of carbonyl (C=O) groups excluding carboxylic acids is 1. The van der Waals surface area contributed by atoms with E-state index in [1.54, 1.807) is 26.1 Å². The number of allylic oxidation sites excluding steroid dienone is 1. The van der Waals surface area contributed by atoms with Gasteiger partial charge in [-0.05, 0) is 30.8 Å². The molecular weight excluding hydrogens is 288 g/mol. The number of methoxy groups -OCH3 is 1. The second-order valence-electron chi connectivity index (χ2n) is 4.62. The Morgan fingerprint density at radius 1 is 1.33 bits per heavy atom. The van der Waals surface area contributed by atoms with E-state index in [2.05, 4.69) is 15.8 Å². The second-order valence-corrected chi connectivity index (χ2v) is 5.62. The number of ether oxygens (including phenoxy) is 1. The summed E-state index contributed by atoms with van der Waals surface area (Å²) in [5, 5.41) is 0.610. The highest BCUT2D eigenvalue weighted by atomic mass is 32.2. The highest BCUT2D eigenvalue weighted by Crippen LogP contribution is 2.27. The first kappa shape index (κ1) is 15.2. The van der Waals surface area contributed by atoms with Gasteiger partial charge in [0.15, 0.2) is 5.17 Å². The van der Waals surface area contributed by atoms with E-state index in [1.165, 1.54) is 11.8 Å². The lowest BCUT2D eigenvalue weighted by molar-refractivity contribution is -0.124. The molecule has 0 aliphatic carbocycles. The van der Waals surface area contributed by atoms with Crippen LogP contribution in [-0.2, 0) is 4.79 Å². The van der Waals surface area contributed by atoms with Crippen molar-refractivity contribution in [1.29, 1.82) is 0 Å². The summed E-state index contributed by atoms with van der Waals surface area (Å²) >= 11 is 1.31. The van der Waals surface area contributed by atoms with E-state index in [1.807, 2.05) is 31.2 Å². The molecule has 0 bridgehead atoms. The molecule has 112 valence electrons. The fourth-order valence-corrected chi connectivity index (χ4v) is 2.58. The van der Waals surface area contributed by atoms with Crippen molar-refractivity contribution in [2.75, 3.05) is 21.2 Å². The normalized spacial score (nSPS) is 16.3. The first-order valence-electron chi connectivity index (χ1n) is 6.36. The Hall–Kier alpha value is -2.15. The molecule has 7 heteroatoms. The van der Waals surface area contributed by atoms with Crippen LogP contribution in [-0.4, -0.2) is 37.2 Å². The van der Waals surface area contributed by atoms with Crippen molar-refractivity contribution >= 4 is 28.5 Å². The number of hydrogen-bond acceptors (Lipinski definition) is 5. The van der Waals surface area contributed by atoms with Gasteiger partial charge >= 0.3 is 0 Å². The van der Waals surface area contributed by atoms with Crippen LogP contribution in [0.1, 0.15) is 6.92 Å². The second kappa shape index (κ2) is 6.53. The molecule has 0 saturated carbocycles. The molecule has 0 saturated heterocycles. The highest BCUT2D eigenvalue weighted by Gasteiger charge is 2.22. The minimum absolute atomic E-state index is 0.0511. The third kappa shape index (κ3) is 3.69. The molecule has 1 aromatic rings. The Kier molecular flexibility index (Phi) is 4.74. The summed E-state index contributed by atoms with van der Waals surface area (Å²) < 4.78 is 5.17. The third-order valence-electron chi connectivity index (χ3n) is 2.78. The van der Waals surface area contributed by atoms with Gasteiger partial charge in [0.05, 0.1) is 12.8 Å². The van der Waals surface area contributed by atoms with Crippen LogP contribution in [0.5, 0.6) is 5.75 Å². The number of benzene rings is 1. The Labute approximate surface area is 128 Å². The maximum atomic E-state index is 12.1. The van der Waals surface area contributed by atoms with E-state index >= 15 is 0 Å². The van der Waals surface area contributed by atoms with Crippen molar-refractivity contribution in [3.05, 3.63) is 34.9 Å². The van der Waals surface area contributed by atoms with Crippen LogP contribution < -0.4 is 15.6 Å². The summed E-state index contributed by atoms with van der Waals surface area (Å²) in [6.45, 7) is 1.85. The smallest absolute Gasteiger partial charge is 0.262 e. The van der Waals surface area contributed by atoms with Gasteiger partial charge in [-0.1, -0.05) is 6.07 Å². The van der Waals surface area contributed by atoms with Crippen molar-refractivity contribution in [3.8, 4) is 5.75 Å². The number of carbonyl (C=O) groups is 1. The zero-order chi connectivity index (χ0) is 15.4. The third-order valence-corrected chi connectivity index (χ3v) is 3.85. The number of nitrogens with one attached hydrogen (secondary N) is 2. The number of nitrogens with zero attached hydrogens (tertiary/aromatic N) is 2. The number of hydrogen-bond donors (Lipinski definition) is 2. The van der Waals surface area contributed by atoms with Crippen molar-refractivity contribution in [3.63, 3.8) is 0 Å². The Balaban J connectivity index is 2.23. The molecule has 0 aromatic heterocycles. The van der Waals surface area contributed by atoms with Crippen molar-refractivity contribution in [1.82, 2.24) is 15.8 Å². The van der Waals surface area contributed by atoms with Crippen LogP contribution >= 0.6 is 11.8 Å². The Morgan fingerprint density at radius 2 is 2.10 bits per heavy atom. The summed E-state index contributed by atoms with van der Waals surface area (Å²) in [5.74, 6) is 0.687. The van der Waals surface area contributed by atoms with Crippen molar-refractivity contribution < 1.29 is 9.53 Å². The lowest BCUT2D eigenvalue weighted by atomic mass is 10.3. The van der Waals surface area contributed by atoms with Crippen molar-refractivity contribution in [2.24, 2.45) is 4.99 Å². The van der Waals surface area contributed by atoms with Crippen LogP contribution in [0, 0.1) is 0 Å². The van der Waals surface area contributed by atoms with E-state index in [-0.39, 0.29) is 5.91 Å². The van der Waals surface area contributed by atoms with E-state index in [0.29, 0.717) is 10.1 Å². The maximum Gasteiger partial charge on any atom is 0.262 e. The maximum absolute atomic E-state index is 12.1. The fourth-order valence-electron chi connectivity index (χ4n) is 1.66. The van der Waals surface area contributed by atoms with Crippen LogP contribution in [0.2, 0.25) is 0 Å². The summed E-state index contributed by atoms with van der Waals surface area (Å²) in [6.07, 6.45) is 0. The predicted octanol–water partition coefficient (Wildman–Crippen LogP) is 1.84. The van der Waals surface area contributed by atoms with Crippen LogP contribution in [0.15, 0.2) is 39.9 Å². The SMILES string of the molecule is COc1cccc(N=C2NNC(C)=C(C(=O)N(C)C)S2)c1. The molecule has 0 fully saturated rings. The van der Waals surface area contributed by atoms with Gasteiger partial charge in [-0.3, -0.25) is 10.2 Å². The van der Waals surface area contributed by atoms with Crippen LogP contribution in [0.4, 0.5) is 5.69 Å². The molecule has 1 heterocycles. The molecule has 2 N–H and O–H groups in total. The number of likely N-dealkylation sites (N-methyl/N-ethyl adjacent to an activating group) is 1. The minimum atomic E-state index is -0.0511. The molecule has 21 heavy (non-hydrogen) atoms. The summed E-state index contributed by atoms with van der Waals surface area (Å²) in [7, 11) is 5.07. The van der Waals surface area contributed by atoms with Gasteiger partial charge < -0.3 is 15.1 Å². The Bertz CT molecular complexity index is 611. The molecule has 1 aliphatic heterocycles. The van der Waals surface area contributed by atoms with E-state index < -0.39 is 0 Å². The predicted molar refractivity (Wildman–Crippen MR) is 85.3 cm³/mol. The number of aliphatic imine (C=N–C) groups is 1. The first-order chi connectivity index (χ1) is 10.0. The topological polar surface area (TPSA) is 66.0 Å². The number of amidine groups is 1. The lowest BCUT2D eigenvalue weighted by Crippen LogP contribution is -2.40. The summed E-state index contributed by atoms with van der Waals surface area (Å²) in [5.41, 5.74) is 7.47. The average molecular weight is 306 g/mol. The summed E-state index contributed by atoms with van der Waals surface area (Å²) in [4.78, 5) is 18.8. The molecule has 0 unspecified atom stereocenters. The van der Waals surface area contributed by atoms with Crippen LogP contribution in [0.25, 0.3) is 0 Å². The molecule has 0 spiro atoms. The molecule has 1 amide bonds. The summed E-state index contributed by atoms with van der Waals surface area (Å²) in [6, 6.07) is 7.42. The van der Waals surface area contributed by atoms with Crippen molar-refractivity contribution in [2.45, 2.75) is 6.92 Å². The lowest BCUT2D eigenvalue weighted by Gasteiger charge is -2.23. The fraction of sp³-hybridized carbons (Fsp3) is 0.286. The molecular formula is C14H18N4O2S. The first-order valence-corrected chi connectivity index (χ1v) is 7.18. The molecule has 1 aliphatic rings. The standard InChI is InChI=1S/C14H18N4O2S/c1-9-12(13(19)18(2)3)21-14(17-16-9)15-10-6-5-7-11(8-10)20-4/h5-8,16H,1-4H3,(H,15,17). The Morgan fingerprint density at radius 3 is 2.76 bits per heavy atom. The van der Waals surface area contributed by atoms with E-state index in [9.17, 15) is 4.79 Å². The van der Waals surface area contributed by atoms with Gasteiger partial charge in [0.25, 0.3) is 5.91 Å². The number of rotatable bonds is 3. The van der Waals surface area contributed by atoms with E-state index in [4.69, 9.17) is 4.74 Å². The largest absolute Gasteiger partial charge is 0.497 e. The molecule has 0 radical (unpaired) electrons. The number of amides is 1. The zero-order valence-electron chi connectivity index (χ0n) is 12.4. The monoisotopic (exact) mass is 306 g/mol. The quantitative estimate of drug-likeness (QED) is 0.892. The number of thioether (sulfide) groups is 1. The van der Waals surface area contributed by atoms with Gasteiger partial charge in [-0.25, -0.2) is 4.99 Å². The molecule has 2 rings (SSSR count). The minimum Gasteiger partial charge on any atom is -0.497 e. The zero-order valence-corrected chi connectivity index (χ0v) is 13.2. The van der Waals surface area contributed by atoms with Gasteiger partial charge in [0, 0.05) is 25.9 Å². The molecule has 0 atom stereocenters. The van der Waals surface area contributed by atoms with E-state index in [0.717, 1.165) is 17.1 Å². The van der Waals surface area contributed by atoms with Gasteiger partial charge in [0.2, 0.25) is 0 Å². The van der Waals surface area contributed by atoms with Gasteiger partial charge in [-0.2, -0.15) is 0 Å². The number of hydrazine groups is 1. The van der Waals surface area contributed by atoms with Gasteiger partial charge in [-0.15, -0.1) is 0 Å². The average Bonchev–Trinajstić information content (AvgIpc) is 2.48. The highest BCUT2D eigenvalue weighted by molar-refractivity contribution is 8.17. The molecule has 6 nitrogen and oxygen atoms in total. The van der Waals surface area contributed by atoms with Crippen LogP contribution in [0.3, 0.4) is 0 Å². The molecule has 1 aromatic carbocycles. The van der Waals surface area contributed by atoms with Gasteiger partial charge in [0.1, 0.15) is 10.7 Å².